The van der Waals surface area contributed by atoms with Gasteiger partial charge in [-0.2, -0.15) is 0 Å². The number of hydrazine groups is 1. The fourth-order valence-electron chi connectivity index (χ4n) is 3.09. The third-order valence-corrected chi connectivity index (χ3v) is 6.12. The zero-order chi connectivity index (χ0) is 21.6. The zero-order valence-corrected chi connectivity index (χ0v) is 17.7. The van der Waals surface area contributed by atoms with E-state index in [2.05, 4.69) is 15.5 Å². The van der Waals surface area contributed by atoms with Crippen LogP contribution in [0.2, 0.25) is 0 Å². The average Bonchev–Trinajstić information content (AvgIpc) is 2.65. The first-order chi connectivity index (χ1) is 13.6. The SMILES string of the molecule is Cc1ccc(S(=O)(=O)NC2CCCCC2)cc1C(=O)NNC(=O)C(=O)NC(C)C. The maximum atomic E-state index is 12.7. The van der Waals surface area contributed by atoms with Gasteiger partial charge in [0.15, 0.2) is 0 Å². The predicted molar refractivity (Wildman–Crippen MR) is 107 cm³/mol. The van der Waals surface area contributed by atoms with Crippen molar-refractivity contribution in [1.82, 2.24) is 20.9 Å². The summed E-state index contributed by atoms with van der Waals surface area (Å²) < 4.78 is 28.1. The molecule has 9 nitrogen and oxygen atoms in total. The summed E-state index contributed by atoms with van der Waals surface area (Å²) in [6, 6.07) is 3.88. The monoisotopic (exact) mass is 424 g/mol. The van der Waals surface area contributed by atoms with Gasteiger partial charge >= 0.3 is 11.8 Å². The number of hydrogen-bond donors (Lipinski definition) is 4. The maximum absolute atomic E-state index is 12.7. The molecule has 0 bridgehead atoms. The van der Waals surface area contributed by atoms with Gasteiger partial charge in [0.25, 0.3) is 5.91 Å². The van der Waals surface area contributed by atoms with Crippen LogP contribution in [-0.4, -0.2) is 38.2 Å². The number of aryl methyl sites for hydroxylation is 1. The topological polar surface area (TPSA) is 133 Å². The number of sulfonamides is 1. The van der Waals surface area contributed by atoms with Crippen LogP contribution in [0.15, 0.2) is 23.1 Å². The van der Waals surface area contributed by atoms with Gasteiger partial charge in [-0.25, -0.2) is 13.1 Å². The normalized spacial score (nSPS) is 15.0. The number of nitrogens with one attached hydrogen (secondary N) is 4. The van der Waals surface area contributed by atoms with Crippen LogP contribution in [0.3, 0.4) is 0 Å². The molecule has 1 aliphatic carbocycles. The minimum atomic E-state index is -3.77. The van der Waals surface area contributed by atoms with Gasteiger partial charge in [-0.1, -0.05) is 25.3 Å². The molecule has 4 N–H and O–H groups in total. The van der Waals surface area contributed by atoms with E-state index in [1.54, 1.807) is 20.8 Å². The quantitative estimate of drug-likeness (QED) is 0.411. The van der Waals surface area contributed by atoms with E-state index in [1.807, 2.05) is 5.43 Å². The number of carbonyl (C=O) groups excluding carboxylic acids is 3. The number of hydrogen-bond acceptors (Lipinski definition) is 5. The van der Waals surface area contributed by atoms with E-state index in [9.17, 15) is 22.8 Å². The Kier molecular flexibility index (Phi) is 7.74. The lowest BCUT2D eigenvalue weighted by molar-refractivity contribution is -0.139. The second kappa shape index (κ2) is 9.84. The molecule has 29 heavy (non-hydrogen) atoms. The van der Waals surface area contributed by atoms with Crippen LogP contribution in [0.25, 0.3) is 0 Å². The van der Waals surface area contributed by atoms with Gasteiger partial charge < -0.3 is 5.32 Å². The molecule has 10 heteroatoms. The van der Waals surface area contributed by atoms with E-state index in [0.717, 1.165) is 32.1 Å². The van der Waals surface area contributed by atoms with Crippen LogP contribution in [0, 0.1) is 6.92 Å². The third-order valence-electron chi connectivity index (χ3n) is 4.61. The van der Waals surface area contributed by atoms with Crippen LogP contribution in [0.1, 0.15) is 61.9 Å². The average molecular weight is 425 g/mol. The van der Waals surface area contributed by atoms with E-state index >= 15 is 0 Å². The summed E-state index contributed by atoms with van der Waals surface area (Å²) in [7, 11) is -3.77. The van der Waals surface area contributed by atoms with Gasteiger partial charge in [-0.3, -0.25) is 25.2 Å². The number of carbonyl (C=O) groups is 3. The lowest BCUT2D eigenvalue weighted by Gasteiger charge is -2.22. The fraction of sp³-hybridized carbons (Fsp3) is 0.526. The standard InChI is InChI=1S/C19H28N4O5S/c1-12(2)20-18(25)19(26)22-21-17(24)16-11-15(10-9-13(16)3)29(27,28)23-14-7-5-4-6-8-14/h9-12,14,23H,4-8H2,1-3H3,(H,20,25)(H,21,24)(H,22,26). The number of amides is 3. The van der Waals surface area contributed by atoms with Gasteiger partial charge in [-0.05, 0) is 51.3 Å². The molecular weight excluding hydrogens is 396 g/mol. The molecule has 3 amide bonds. The van der Waals surface area contributed by atoms with E-state index < -0.39 is 27.7 Å². The predicted octanol–water partition coefficient (Wildman–Crippen LogP) is 0.892. The molecule has 0 unspecified atom stereocenters. The first-order valence-electron chi connectivity index (χ1n) is 9.64. The Morgan fingerprint density at radius 1 is 1.00 bits per heavy atom. The summed E-state index contributed by atoms with van der Waals surface area (Å²) in [5, 5.41) is 2.40. The summed E-state index contributed by atoms with van der Waals surface area (Å²) in [5.41, 5.74) is 4.77. The number of benzene rings is 1. The van der Waals surface area contributed by atoms with Crippen LogP contribution >= 0.6 is 0 Å². The van der Waals surface area contributed by atoms with E-state index in [1.165, 1.54) is 18.2 Å². The Bertz CT molecular complexity index is 877. The smallest absolute Gasteiger partial charge is 0.327 e. The largest absolute Gasteiger partial charge is 0.346 e. The minimum absolute atomic E-state index is 0.0253. The van der Waals surface area contributed by atoms with Crippen LogP contribution in [0.5, 0.6) is 0 Å². The molecule has 1 saturated carbocycles. The molecule has 2 rings (SSSR count). The first kappa shape index (κ1) is 22.8. The molecule has 1 fully saturated rings. The molecule has 1 aromatic carbocycles. The van der Waals surface area contributed by atoms with Crippen molar-refractivity contribution in [3.63, 3.8) is 0 Å². The molecule has 0 aliphatic heterocycles. The zero-order valence-electron chi connectivity index (χ0n) is 16.9. The first-order valence-corrected chi connectivity index (χ1v) is 11.1. The van der Waals surface area contributed by atoms with Crippen molar-refractivity contribution in [1.29, 1.82) is 0 Å². The highest BCUT2D eigenvalue weighted by Crippen LogP contribution is 2.21. The van der Waals surface area contributed by atoms with Crippen molar-refractivity contribution < 1.29 is 22.8 Å². The molecule has 160 valence electrons. The van der Waals surface area contributed by atoms with E-state index in [-0.39, 0.29) is 22.5 Å². The lowest BCUT2D eigenvalue weighted by Crippen LogP contribution is -2.49. The summed E-state index contributed by atoms with van der Waals surface area (Å²) in [4.78, 5) is 35.7. The molecule has 0 atom stereocenters. The molecular formula is C19H28N4O5S. The highest BCUT2D eigenvalue weighted by molar-refractivity contribution is 7.89. The van der Waals surface area contributed by atoms with Gasteiger partial charge in [-0.15, -0.1) is 0 Å². The minimum Gasteiger partial charge on any atom is -0.346 e. The van der Waals surface area contributed by atoms with E-state index in [0.29, 0.717) is 5.56 Å². The van der Waals surface area contributed by atoms with Crippen LogP contribution < -0.4 is 20.9 Å². The van der Waals surface area contributed by atoms with Gasteiger partial charge in [0.05, 0.1) is 4.90 Å². The summed E-state index contributed by atoms with van der Waals surface area (Å²) in [6.45, 7) is 5.04. The summed E-state index contributed by atoms with van der Waals surface area (Å²) >= 11 is 0. The lowest BCUT2D eigenvalue weighted by atomic mass is 9.96. The van der Waals surface area contributed by atoms with Crippen LogP contribution in [-0.2, 0) is 19.6 Å². The van der Waals surface area contributed by atoms with Crippen LogP contribution in [0.4, 0.5) is 0 Å². The molecule has 1 aromatic rings. The second-order valence-corrected chi connectivity index (χ2v) is 9.18. The summed E-state index contributed by atoms with van der Waals surface area (Å²) in [6.07, 6.45) is 4.66. The molecule has 1 aliphatic rings. The maximum Gasteiger partial charge on any atom is 0.327 e. The van der Waals surface area contributed by atoms with Gasteiger partial charge in [0.2, 0.25) is 10.0 Å². The molecule has 0 heterocycles. The van der Waals surface area contributed by atoms with Crippen molar-refractivity contribution >= 4 is 27.7 Å². The fourth-order valence-corrected chi connectivity index (χ4v) is 4.42. The Labute approximate surface area is 171 Å². The number of rotatable bonds is 5. The highest BCUT2D eigenvalue weighted by Gasteiger charge is 2.23. The van der Waals surface area contributed by atoms with E-state index in [4.69, 9.17) is 0 Å². The van der Waals surface area contributed by atoms with Crippen molar-refractivity contribution in [3.8, 4) is 0 Å². The Morgan fingerprint density at radius 3 is 2.28 bits per heavy atom. The summed E-state index contributed by atoms with van der Waals surface area (Å²) in [5.74, 6) is -2.62. The third kappa shape index (κ3) is 6.53. The highest BCUT2D eigenvalue weighted by atomic mass is 32.2. The molecule has 0 aromatic heterocycles. The van der Waals surface area contributed by atoms with Crippen molar-refractivity contribution in [2.45, 2.75) is 69.9 Å². The molecule has 0 saturated heterocycles. The van der Waals surface area contributed by atoms with Gasteiger partial charge in [0.1, 0.15) is 0 Å². The van der Waals surface area contributed by atoms with Crippen molar-refractivity contribution in [2.75, 3.05) is 0 Å². The van der Waals surface area contributed by atoms with Crippen molar-refractivity contribution in [3.05, 3.63) is 29.3 Å². The Hall–Kier alpha value is -2.46. The molecule has 0 radical (unpaired) electrons. The molecule has 0 spiro atoms. The second-order valence-electron chi connectivity index (χ2n) is 7.47. The Morgan fingerprint density at radius 2 is 1.66 bits per heavy atom. The Balaban J connectivity index is 2.08. The van der Waals surface area contributed by atoms with Gasteiger partial charge in [0, 0.05) is 17.6 Å². The van der Waals surface area contributed by atoms with Crippen molar-refractivity contribution in [2.24, 2.45) is 0 Å².